The summed E-state index contributed by atoms with van der Waals surface area (Å²) in [6.45, 7) is 0. The number of hydrogen-bond acceptors (Lipinski definition) is 4. The van der Waals surface area contributed by atoms with Crippen molar-refractivity contribution in [2.45, 2.75) is 31.7 Å². The van der Waals surface area contributed by atoms with E-state index in [0.29, 0.717) is 17.4 Å². The average molecular weight is 265 g/mol. The molecule has 4 heteroatoms. The van der Waals surface area contributed by atoms with Gasteiger partial charge in [-0.2, -0.15) is 0 Å². The van der Waals surface area contributed by atoms with Gasteiger partial charge in [0.1, 0.15) is 5.75 Å². The Labute approximate surface area is 114 Å². The van der Waals surface area contributed by atoms with Crippen LogP contribution in [-0.4, -0.2) is 21.3 Å². The number of ether oxygens (including phenoxy) is 3. The van der Waals surface area contributed by atoms with E-state index in [1.807, 2.05) is 12.1 Å². The van der Waals surface area contributed by atoms with E-state index in [2.05, 4.69) is 0 Å². The molecule has 106 valence electrons. The molecule has 1 atom stereocenters. The highest BCUT2D eigenvalue weighted by Crippen LogP contribution is 2.42. The molecule has 1 aromatic carbocycles. The van der Waals surface area contributed by atoms with Crippen LogP contribution in [0.15, 0.2) is 12.1 Å². The molecule has 0 saturated heterocycles. The van der Waals surface area contributed by atoms with Gasteiger partial charge in [0.15, 0.2) is 11.5 Å². The topological polar surface area (TPSA) is 53.7 Å². The summed E-state index contributed by atoms with van der Waals surface area (Å²) in [4.78, 5) is 0. The molecule has 19 heavy (non-hydrogen) atoms. The summed E-state index contributed by atoms with van der Waals surface area (Å²) in [5, 5.41) is 0. The minimum absolute atomic E-state index is 0.00254. The summed E-state index contributed by atoms with van der Waals surface area (Å²) in [5.41, 5.74) is 7.42. The predicted octanol–water partition coefficient (Wildman–Crippen LogP) is 2.90. The molecular weight excluding hydrogens is 242 g/mol. The summed E-state index contributed by atoms with van der Waals surface area (Å²) < 4.78 is 16.1. The van der Waals surface area contributed by atoms with Crippen molar-refractivity contribution in [3.63, 3.8) is 0 Å². The molecule has 0 amide bonds. The standard InChI is InChI=1S/C15H23NO3/c1-17-12-9-14(19-3)13(18-2)8-11(12)15(16)10-6-4-5-7-10/h8-10,15H,4-7,16H2,1-3H3/t15-/m0/s1. The van der Waals surface area contributed by atoms with E-state index >= 15 is 0 Å². The third-order valence-corrected chi connectivity index (χ3v) is 4.00. The first kappa shape index (κ1) is 14.0. The van der Waals surface area contributed by atoms with E-state index in [0.717, 1.165) is 11.3 Å². The fourth-order valence-electron chi connectivity index (χ4n) is 2.88. The Morgan fingerprint density at radius 1 is 0.947 bits per heavy atom. The lowest BCUT2D eigenvalue weighted by Crippen LogP contribution is -2.20. The molecule has 1 aliphatic carbocycles. The van der Waals surface area contributed by atoms with Gasteiger partial charge in [-0.05, 0) is 24.8 Å². The van der Waals surface area contributed by atoms with E-state index < -0.39 is 0 Å². The summed E-state index contributed by atoms with van der Waals surface area (Å²) in [6.07, 6.45) is 4.93. The van der Waals surface area contributed by atoms with Crippen molar-refractivity contribution >= 4 is 0 Å². The maximum atomic E-state index is 6.42. The van der Waals surface area contributed by atoms with Crippen molar-refractivity contribution in [3.8, 4) is 17.2 Å². The van der Waals surface area contributed by atoms with Gasteiger partial charge in [0.25, 0.3) is 0 Å². The molecule has 0 unspecified atom stereocenters. The monoisotopic (exact) mass is 265 g/mol. The summed E-state index contributed by atoms with van der Waals surface area (Å²) in [7, 11) is 4.91. The molecule has 2 N–H and O–H groups in total. The molecule has 4 nitrogen and oxygen atoms in total. The molecule has 0 bridgehead atoms. The number of methoxy groups -OCH3 is 3. The highest BCUT2D eigenvalue weighted by Gasteiger charge is 2.26. The largest absolute Gasteiger partial charge is 0.496 e. The number of rotatable bonds is 5. The highest BCUT2D eigenvalue weighted by atomic mass is 16.5. The second kappa shape index (κ2) is 6.15. The zero-order valence-electron chi connectivity index (χ0n) is 11.9. The molecule has 1 fully saturated rings. The number of nitrogens with two attached hydrogens (primary N) is 1. The Morgan fingerprint density at radius 2 is 1.47 bits per heavy atom. The van der Waals surface area contributed by atoms with E-state index in [4.69, 9.17) is 19.9 Å². The first-order valence-corrected chi connectivity index (χ1v) is 6.76. The SMILES string of the molecule is COc1cc(OC)c([C@@H](N)C2CCCC2)cc1OC. The smallest absolute Gasteiger partial charge is 0.164 e. The molecule has 1 aliphatic rings. The molecule has 1 aromatic rings. The lowest BCUT2D eigenvalue weighted by molar-refractivity contribution is 0.342. The third-order valence-electron chi connectivity index (χ3n) is 4.00. The van der Waals surface area contributed by atoms with Gasteiger partial charge in [0.2, 0.25) is 0 Å². The Hall–Kier alpha value is -1.42. The molecule has 2 rings (SSSR count). The fourth-order valence-corrected chi connectivity index (χ4v) is 2.88. The zero-order chi connectivity index (χ0) is 13.8. The first-order valence-electron chi connectivity index (χ1n) is 6.76. The lowest BCUT2D eigenvalue weighted by atomic mass is 9.91. The van der Waals surface area contributed by atoms with Gasteiger partial charge in [0, 0.05) is 17.7 Å². The van der Waals surface area contributed by atoms with Gasteiger partial charge in [0.05, 0.1) is 21.3 Å². The second-order valence-electron chi connectivity index (χ2n) is 5.02. The van der Waals surface area contributed by atoms with Gasteiger partial charge in [-0.1, -0.05) is 12.8 Å². The van der Waals surface area contributed by atoms with Crippen LogP contribution in [0, 0.1) is 5.92 Å². The van der Waals surface area contributed by atoms with Crippen LogP contribution in [0.4, 0.5) is 0 Å². The zero-order valence-corrected chi connectivity index (χ0v) is 11.9. The molecule has 0 spiro atoms. The van der Waals surface area contributed by atoms with Gasteiger partial charge >= 0.3 is 0 Å². The molecular formula is C15H23NO3. The van der Waals surface area contributed by atoms with Crippen LogP contribution in [-0.2, 0) is 0 Å². The number of hydrogen-bond donors (Lipinski definition) is 1. The maximum absolute atomic E-state index is 6.42. The summed E-state index contributed by atoms with van der Waals surface area (Å²) >= 11 is 0. The Kier molecular flexibility index (Phi) is 4.53. The minimum atomic E-state index is -0.00254. The predicted molar refractivity (Wildman–Crippen MR) is 75.0 cm³/mol. The lowest BCUT2D eigenvalue weighted by Gasteiger charge is -2.23. The van der Waals surface area contributed by atoms with Crippen LogP contribution < -0.4 is 19.9 Å². The second-order valence-corrected chi connectivity index (χ2v) is 5.02. The normalized spacial score (nSPS) is 17.3. The molecule has 1 saturated carbocycles. The van der Waals surface area contributed by atoms with Crippen LogP contribution in [0.1, 0.15) is 37.3 Å². The van der Waals surface area contributed by atoms with Crippen molar-refractivity contribution in [1.82, 2.24) is 0 Å². The van der Waals surface area contributed by atoms with Crippen molar-refractivity contribution in [3.05, 3.63) is 17.7 Å². The molecule has 0 radical (unpaired) electrons. The van der Waals surface area contributed by atoms with Crippen molar-refractivity contribution in [2.24, 2.45) is 11.7 Å². The van der Waals surface area contributed by atoms with Crippen LogP contribution >= 0.6 is 0 Å². The summed E-state index contributed by atoms with van der Waals surface area (Å²) in [6, 6.07) is 3.79. The molecule has 0 heterocycles. The maximum Gasteiger partial charge on any atom is 0.164 e. The van der Waals surface area contributed by atoms with Gasteiger partial charge in [-0.3, -0.25) is 0 Å². The Morgan fingerprint density at radius 3 is 2.00 bits per heavy atom. The first-order chi connectivity index (χ1) is 9.21. The molecule has 0 aromatic heterocycles. The molecule has 0 aliphatic heterocycles. The van der Waals surface area contributed by atoms with Crippen LogP contribution in [0.5, 0.6) is 17.2 Å². The van der Waals surface area contributed by atoms with E-state index in [1.54, 1.807) is 21.3 Å². The van der Waals surface area contributed by atoms with Gasteiger partial charge in [-0.15, -0.1) is 0 Å². The Balaban J connectivity index is 2.36. The third kappa shape index (κ3) is 2.78. The van der Waals surface area contributed by atoms with Crippen LogP contribution in [0.25, 0.3) is 0 Å². The quantitative estimate of drug-likeness (QED) is 0.889. The Bertz CT molecular complexity index is 428. The fraction of sp³-hybridized carbons (Fsp3) is 0.600. The van der Waals surface area contributed by atoms with Crippen molar-refractivity contribution < 1.29 is 14.2 Å². The van der Waals surface area contributed by atoms with E-state index in [-0.39, 0.29) is 6.04 Å². The van der Waals surface area contributed by atoms with Crippen molar-refractivity contribution in [1.29, 1.82) is 0 Å². The van der Waals surface area contributed by atoms with E-state index in [1.165, 1.54) is 25.7 Å². The van der Waals surface area contributed by atoms with Crippen LogP contribution in [0.3, 0.4) is 0 Å². The highest BCUT2D eigenvalue weighted by molar-refractivity contribution is 5.52. The number of benzene rings is 1. The van der Waals surface area contributed by atoms with Crippen LogP contribution in [0.2, 0.25) is 0 Å². The van der Waals surface area contributed by atoms with Gasteiger partial charge in [-0.25, -0.2) is 0 Å². The van der Waals surface area contributed by atoms with E-state index in [9.17, 15) is 0 Å². The van der Waals surface area contributed by atoms with Crippen molar-refractivity contribution in [2.75, 3.05) is 21.3 Å². The average Bonchev–Trinajstić information content (AvgIpc) is 2.99. The summed E-state index contributed by atoms with van der Waals surface area (Å²) in [5.74, 6) is 2.68. The van der Waals surface area contributed by atoms with Gasteiger partial charge < -0.3 is 19.9 Å². The minimum Gasteiger partial charge on any atom is -0.496 e.